The first-order valence-corrected chi connectivity index (χ1v) is 6.04. The Kier molecular flexibility index (Phi) is 2.43. The highest BCUT2D eigenvalue weighted by Gasteiger charge is 2.40. The summed E-state index contributed by atoms with van der Waals surface area (Å²) in [5.41, 5.74) is 5.73. The summed E-state index contributed by atoms with van der Waals surface area (Å²) < 4.78 is 38.0. The van der Waals surface area contributed by atoms with E-state index in [9.17, 15) is 13.2 Å². The summed E-state index contributed by atoms with van der Waals surface area (Å²) in [6.07, 6.45) is 0.000512. The predicted octanol–water partition coefficient (Wildman–Crippen LogP) is 2.67. The lowest BCUT2D eigenvalue weighted by Crippen LogP contribution is -2.32. The molecule has 0 amide bonds. The Balaban J connectivity index is 1.96. The van der Waals surface area contributed by atoms with E-state index < -0.39 is 11.9 Å². The second-order valence-electron chi connectivity index (χ2n) is 5.11. The maximum absolute atomic E-state index is 12.7. The Morgan fingerprint density at radius 1 is 1.33 bits per heavy atom. The zero-order valence-electron chi connectivity index (χ0n) is 9.74. The Morgan fingerprint density at radius 3 is 2.67 bits per heavy atom. The molecule has 1 aliphatic carbocycles. The van der Waals surface area contributed by atoms with Gasteiger partial charge in [0, 0.05) is 12.6 Å². The van der Waals surface area contributed by atoms with Crippen LogP contribution in [0.3, 0.4) is 0 Å². The molecule has 2 bridgehead atoms. The van der Waals surface area contributed by atoms with Crippen molar-refractivity contribution in [1.29, 1.82) is 0 Å². The third-order valence-electron chi connectivity index (χ3n) is 3.92. The number of fused-ring (bicyclic) bond motifs is 2. The summed E-state index contributed by atoms with van der Waals surface area (Å²) in [4.78, 5) is 5.38. The first-order valence-electron chi connectivity index (χ1n) is 6.04. The third-order valence-corrected chi connectivity index (χ3v) is 3.92. The van der Waals surface area contributed by atoms with Crippen LogP contribution in [0.25, 0.3) is 0 Å². The molecule has 1 aromatic rings. The molecule has 18 heavy (non-hydrogen) atoms. The third kappa shape index (κ3) is 1.79. The SMILES string of the molecule is Nc1cnc(C(F)(F)F)cc1N1CC2CCC1C2. The van der Waals surface area contributed by atoms with E-state index in [0.717, 1.165) is 31.6 Å². The van der Waals surface area contributed by atoms with Crippen molar-refractivity contribution in [2.45, 2.75) is 31.5 Å². The van der Waals surface area contributed by atoms with Crippen LogP contribution < -0.4 is 10.6 Å². The van der Waals surface area contributed by atoms with Crippen molar-refractivity contribution < 1.29 is 13.2 Å². The largest absolute Gasteiger partial charge is 0.433 e. The lowest BCUT2D eigenvalue weighted by Gasteiger charge is -2.30. The number of nitrogen functional groups attached to an aromatic ring is 1. The number of hydrogen-bond donors (Lipinski definition) is 1. The van der Waals surface area contributed by atoms with Gasteiger partial charge in [-0.3, -0.25) is 0 Å². The van der Waals surface area contributed by atoms with Gasteiger partial charge in [0.2, 0.25) is 0 Å². The topological polar surface area (TPSA) is 42.1 Å². The number of pyridine rings is 1. The maximum atomic E-state index is 12.7. The van der Waals surface area contributed by atoms with Crippen molar-refractivity contribution >= 4 is 11.4 Å². The molecule has 3 rings (SSSR count). The summed E-state index contributed by atoms with van der Waals surface area (Å²) in [7, 11) is 0. The molecule has 6 heteroatoms. The molecule has 0 radical (unpaired) electrons. The number of piperidine rings is 1. The van der Waals surface area contributed by atoms with Crippen molar-refractivity contribution in [3.05, 3.63) is 18.0 Å². The predicted molar refractivity (Wildman–Crippen MR) is 62.1 cm³/mol. The van der Waals surface area contributed by atoms with E-state index in [2.05, 4.69) is 4.98 Å². The van der Waals surface area contributed by atoms with E-state index in [0.29, 0.717) is 23.3 Å². The molecule has 1 saturated carbocycles. The van der Waals surface area contributed by atoms with Gasteiger partial charge in [-0.05, 0) is 31.2 Å². The molecule has 2 aliphatic rings. The number of halogens is 3. The Bertz CT molecular complexity index is 472. The smallest absolute Gasteiger partial charge is 0.396 e. The van der Waals surface area contributed by atoms with E-state index in [1.165, 1.54) is 6.42 Å². The minimum Gasteiger partial charge on any atom is -0.396 e. The van der Waals surface area contributed by atoms with Gasteiger partial charge in [-0.2, -0.15) is 13.2 Å². The lowest BCUT2D eigenvalue weighted by atomic mass is 10.1. The average molecular weight is 257 g/mol. The normalized spacial score (nSPS) is 26.9. The fraction of sp³-hybridized carbons (Fsp3) is 0.583. The monoisotopic (exact) mass is 257 g/mol. The molecule has 2 unspecified atom stereocenters. The van der Waals surface area contributed by atoms with Gasteiger partial charge in [-0.25, -0.2) is 4.98 Å². The van der Waals surface area contributed by atoms with Crippen LogP contribution in [0.2, 0.25) is 0 Å². The van der Waals surface area contributed by atoms with E-state index in [-0.39, 0.29) is 0 Å². The summed E-state index contributed by atoms with van der Waals surface area (Å²) in [6.45, 7) is 0.816. The molecule has 98 valence electrons. The first kappa shape index (κ1) is 11.6. The number of nitrogens with two attached hydrogens (primary N) is 1. The average Bonchev–Trinajstić information content (AvgIpc) is 2.89. The molecule has 1 aliphatic heterocycles. The molecule has 2 fully saturated rings. The van der Waals surface area contributed by atoms with Crippen molar-refractivity contribution in [1.82, 2.24) is 4.98 Å². The van der Waals surface area contributed by atoms with Gasteiger partial charge < -0.3 is 10.6 Å². The van der Waals surface area contributed by atoms with Gasteiger partial charge in [0.25, 0.3) is 0 Å². The summed E-state index contributed by atoms with van der Waals surface area (Å²) in [6, 6.07) is 1.43. The van der Waals surface area contributed by atoms with Gasteiger partial charge in [0.05, 0.1) is 17.6 Å². The van der Waals surface area contributed by atoms with Crippen molar-refractivity contribution in [2.75, 3.05) is 17.2 Å². The molecule has 0 spiro atoms. The number of hydrogen-bond acceptors (Lipinski definition) is 3. The fourth-order valence-corrected chi connectivity index (χ4v) is 3.08. The molecule has 2 N–H and O–H groups in total. The van der Waals surface area contributed by atoms with Gasteiger partial charge in [0.1, 0.15) is 5.69 Å². The number of rotatable bonds is 1. The highest BCUT2D eigenvalue weighted by atomic mass is 19.4. The molecule has 1 saturated heterocycles. The molecule has 3 nitrogen and oxygen atoms in total. The maximum Gasteiger partial charge on any atom is 0.433 e. The zero-order valence-corrected chi connectivity index (χ0v) is 9.74. The zero-order chi connectivity index (χ0) is 12.9. The molecule has 0 aromatic carbocycles. The fourth-order valence-electron chi connectivity index (χ4n) is 3.08. The summed E-state index contributed by atoms with van der Waals surface area (Å²) in [5, 5.41) is 0. The number of alkyl halides is 3. The van der Waals surface area contributed by atoms with E-state index in [1.807, 2.05) is 4.90 Å². The lowest BCUT2D eigenvalue weighted by molar-refractivity contribution is -0.141. The number of anilines is 2. The van der Waals surface area contributed by atoms with Crippen LogP contribution in [0.5, 0.6) is 0 Å². The van der Waals surface area contributed by atoms with E-state index in [4.69, 9.17) is 5.73 Å². The first-order chi connectivity index (χ1) is 8.45. The highest BCUT2D eigenvalue weighted by molar-refractivity contribution is 5.68. The second-order valence-corrected chi connectivity index (χ2v) is 5.11. The Morgan fingerprint density at radius 2 is 2.11 bits per heavy atom. The number of nitrogens with zero attached hydrogens (tertiary/aromatic N) is 2. The van der Waals surface area contributed by atoms with Crippen LogP contribution in [-0.2, 0) is 6.18 Å². The quantitative estimate of drug-likeness (QED) is 0.841. The van der Waals surface area contributed by atoms with Gasteiger partial charge in [0.15, 0.2) is 0 Å². The highest BCUT2D eigenvalue weighted by Crippen LogP contribution is 2.43. The van der Waals surface area contributed by atoms with Crippen LogP contribution >= 0.6 is 0 Å². The van der Waals surface area contributed by atoms with Crippen molar-refractivity contribution in [3.8, 4) is 0 Å². The molecule has 2 heterocycles. The van der Waals surface area contributed by atoms with E-state index in [1.54, 1.807) is 0 Å². The summed E-state index contributed by atoms with van der Waals surface area (Å²) in [5.74, 6) is 0.608. The molecule has 2 atom stereocenters. The molecular weight excluding hydrogens is 243 g/mol. The second kappa shape index (κ2) is 3.76. The van der Waals surface area contributed by atoms with Crippen LogP contribution in [0.15, 0.2) is 12.3 Å². The van der Waals surface area contributed by atoms with Crippen LogP contribution in [0, 0.1) is 5.92 Å². The molecular formula is C12H14F3N3. The van der Waals surface area contributed by atoms with Crippen molar-refractivity contribution in [2.24, 2.45) is 5.92 Å². The minimum absolute atomic E-state index is 0.329. The number of aromatic nitrogens is 1. The van der Waals surface area contributed by atoms with Crippen LogP contribution in [0.1, 0.15) is 25.0 Å². The van der Waals surface area contributed by atoms with Crippen molar-refractivity contribution in [3.63, 3.8) is 0 Å². The van der Waals surface area contributed by atoms with Crippen LogP contribution in [-0.4, -0.2) is 17.6 Å². The Labute approximate surface area is 103 Å². The van der Waals surface area contributed by atoms with Gasteiger partial charge >= 0.3 is 6.18 Å². The molecule has 1 aromatic heterocycles. The van der Waals surface area contributed by atoms with E-state index >= 15 is 0 Å². The standard InChI is InChI=1S/C12H14F3N3/c13-12(14,15)11-4-10(9(16)5-17-11)18-6-7-1-2-8(18)3-7/h4-5,7-8H,1-3,6,16H2. The van der Waals surface area contributed by atoms with Crippen LogP contribution in [0.4, 0.5) is 24.5 Å². The van der Waals surface area contributed by atoms with Gasteiger partial charge in [-0.1, -0.05) is 0 Å². The van der Waals surface area contributed by atoms with Gasteiger partial charge in [-0.15, -0.1) is 0 Å². The summed E-state index contributed by atoms with van der Waals surface area (Å²) >= 11 is 0. The minimum atomic E-state index is -4.42. The Hall–Kier alpha value is -1.46.